The molecule has 0 aliphatic heterocycles. The van der Waals surface area contributed by atoms with Crippen LogP contribution >= 0.6 is 0 Å². The highest BCUT2D eigenvalue weighted by Crippen LogP contribution is 2.17. The fraction of sp³-hybridized carbons (Fsp3) is 0.814. The highest BCUT2D eigenvalue weighted by Gasteiger charge is 2.19. The zero-order chi connectivity index (χ0) is 55.0. The minimum atomic E-state index is -0.781. The molecule has 0 bridgehead atoms. The summed E-state index contributed by atoms with van der Waals surface area (Å²) in [5.41, 5.74) is 0. The van der Waals surface area contributed by atoms with E-state index in [1.165, 1.54) is 218 Å². The molecule has 0 saturated carbocycles. The number of rotatable bonds is 61. The van der Waals surface area contributed by atoms with Crippen LogP contribution in [0.3, 0.4) is 0 Å². The van der Waals surface area contributed by atoms with Crippen LogP contribution in [0, 0.1) is 0 Å². The van der Waals surface area contributed by atoms with E-state index in [1.54, 1.807) is 0 Å². The Morgan fingerprint density at radius 1 is 0.263 bits per heavy atom. The van der Waals surface area contributed by atoms with E-state index in [-0.39, 0.29) is 31.1 Å². The average molecular weight is 1060 g/mol. The van der Waals surface area contributed by atoms with Gasteiger partial charge in [-0.15, -0.1) is 0 Å². The molecule has 6 heteroatoms. The quantitative estimate of drug-likeness (QED) is 0.0261. The van der Waals surface area contributed by atoms with E-state index in [9.17, 15) is 14.4 Å². The predicted molar refractivity (Wildman–Crippen MR) is 330 cm³/mol. The second-order valence-electron chi connectivity index (χ2n) is 22.4. The molecule has 442 valence electrons. The molecule has 0 rings (SSSR count). The fourth-order valence-corrected chi connectivity index (χ4v) is 9.72. The van der Waals surface area contributed by atoms with Gasteiger partial charge in [-0.25, -0.2) is 0 Å². The van der Waals surface area contributed by atoms with Crippen molar-refractivity contribution < 1.29 is 28.6 Å². The minimum absolute atomic E-state index is 0.0776. The van der Waals surface area contributed by atoms with Crippen LogP contribution in [-0.2, 0) is 28.6 Å². The van der Waals surface area contributed by atoms with Crippen molar-refractivity contribution in [3.63, 3.8) is 0 Å². The summed E-state index contributed by atoms with van der Waals surface area (Å²) in [6.07, 6.45) is 82.3. The van der Waals surface area contributed by atoms with Gasteiger partial charge in [0.2, 0.25) is 0 Å². The lowest BCUT2D eigenvalue weighted by molar-refractivity contribution is -0.167. The monoisotopic (exact) mass is 1060 g/mol. The summed E-state index contributed by atoms with van der Waals surface area (Å²) in [4.78, 5) is 38.4. The molecular weight excluding hydrogens is 937 g/mol. The summed E-state index contributed by atoms with van der Waals surface area (Å²) in [6.45, 7) is 6.64. The second-order valence-corrected chi connectivity index (χ2v) is 22.4. The Kier molecular flexibility index (Phi) is 62.2. The van der Waals surface area contributed by atoms with Crippen LogP contribution in [-0.4, -0.2) is 37.2 Å². The van der Waals surface area contributed by atoms with Gasteiger partial charge in [0.25, 0.3) is 0 Å². The number of carbonyl (C=O) groups is 3. The third-order valence-electron chi connectivity index (χ3n) is 14.7. The first-order chi connectivity index (χ1) is 37.5. The van der Waals surface area contributed by atoms with Crippen LogP contribution in [0.2, 0.25) is 0 Å². The summed E-state index contributed by atoms with van der Waals surface area (Å²) >= 11 is 0. The van der Waals surface area contributed by atoms with Crippen LogP contribution < -0.4 is 0 Å². The Bertz CT molecular complexity index is 1360. The summed E-state index contributed by atoms with van der Waals surface area (Å²) in [7, 11) is 0. The Morgan fingerprint density at radius 2 is 0.474 bits per heavy atom. The van der Waals surface area contributed by atoms with Gasteiger partial charge in [-0.3, -0.25) is 14.4 Å². The van der Waals surface area contributed by atoms with Crippen molar-refractivity contribution in [3.05, 3.63) is 60.8 Å². The van der Waals surface area contributed by atoms with Gasteiger partial charge in [0.05, 0.1) is 0 Å². The third kappa shape index (κ3) is 62.0. The van der Waals surface area contributed by atoms with Crippen molar-refractivity contribution >= 4 is 17.9 Å². The molecule has 0 spiro atoms. The largest absolute Gasteiger partial charge is 0.462 e. The molecule has 0 amide bonds. The van der Waals surface area contributed by atoms with Gasteiger partial charge in [-0.2, -0.15) is 0 Å². The molecule has 0 N–H and O–H groups in total. The van der Waals surface area contributed by atoms with Gasteiger partial charge in [0, 0.05) is 19.3 Å². The fourth-order valence-electron chi connectivity index (χ4n) is 9.72. The molecule has 0 aliphatic carbocycles. The van der Waals surface area contributed by atoms with E-state index >= 15 is 0 Å². The number of esters is 3. The van der Waals surface area contributed by atoms with E-state index < -0.39 is 6.10 Å². The molecule has 0 fully saturated rings. The molecule has 0 aliphatic rings. The van der Waals surface area contributed by atoms with Crippen LogP contribution in [0.5, 0.6) is 0 Å². The Balaban J connectivity index is 4.32. The van der Waals surface area contributed by atoms with Crippen molar-refractivity contribution in [2.75, 3.05) is 13.2 Å². The lowest BCUT2D eigenvalue weighted by Crippen LogP contribution is -2.30. The molecule has 0 aromatic rings. The van der Waals surface area contributed by atoms with Gasteiger partial charge in [0.1, 0.15) is 13.2 Å². The SMILES string of the molecule is CCCCC/C=C\C/C=C\CCCCCCCC(=O)OCC(COC(=O)CCCCCCCCCCCC/C=C\C/C=C\C/C=C\CCCCCCC)OC(=O)CCCCCCCCCCCCCCCCCCCC. The minimum Gasteiger partial charge on any atom is -0.462 e. The van der Waals surface area contributed by atoms with Crippen molar-refractivity contribution in [1.29, 1.82) is 0 Å². The summed E-state index contributed by atoms with van der Waals surface area (Å²) in [5.74, 6) is -0.874. The van der Waals surface area contributed by atoms with Crippen LogP contribution in [0.15, 0.2) is 60.8 Å². The molecule has 1 atom stereocenters. The highest BCUT2D eigenvalue weighted by molar-refractivity contribution is 5.71. The number of allylic oxidation sites excluding steroid dienone is 10. The van der Waals surface area contributed by atoms with E-state index in [4.69, 9.17) is 14.2 Å². The third-order valence-corrected chi connectivity index (χ3v) is 14.7. The van der Waals surface area contributed by atoms with Gasteiger partial charge in [-0.05, 0) is 89.9 Å². The van der Waals surface area contributed by atoms with Gasteiger partial charge in [-0.1, -0.05) is 300 Å². The molecule has 0 heterocycles. The van der Waals surface area contributed by atoms with Gasteiger partial charge < -0.3 is 14.2 Å². The smallest absolute Gasteiger partial charge is 0.306 e. The first-order valence-electron chi connectivity index (χ1n) is 33.3. The maximum absolute atomic E-state index is 12.9. The summed E-state index contributed by atoms with van der Waals surface area (Å²) in [5, 5.41) is 0. The van der Waals surface area contributed by atoms with E-state index in [2.05, 4.69) is 81.5 Å². The normalized spacial score (nSPS) is 12.4. The molecule has 1 unspecified atom stereocenters. The lowest BCUT2D eigenvalue weighted by atomic mass is 10.0. The molecular formula is C70H126O6. The zero-order valence-electron chi connectivity index (χ0n) is 50.8. The first-order valence-corrected chi connectivity index (χ1v) is 33.3. The summed E-state index contributed by atoms with van der Waals surface area (Å²) in [6, 6.07) is 0. The van der Waals surface area contributed by atoms with Gasteiger partial charge in [0.15, 0.2) is 6.10 Å². The molecule has 6 nitrogen and oxygen atoms in total. The molecule has 0 aromatic carbocycles. The van der Waals surface area contributed by atoms with Crippen LogP contribution in [0.1, 0.15) is 348 Å². The topological polar surface area (TPSA) is 78.9 Å². The van der Waals surface area contributed by atoms with Crippen molar-refractivity contribution in [2.45, 2.75) is 354 Å². The molecule has 0 radical (unpaired) electrons. The predicted octanol–water partition coefficient (Wildman–Crippen LogP) is 22.7. The second kappa shape index (κ2) is 64.6. The summed E-state index contributed by atoms with van der Waals surface area (Å²) < 4.78 is 17.0. The average Bonchev–Trinajstić information content (AvgIpc) is 3.42. The molecule has 0 aromatic heterocycles. The Labute approximate surface area is 472 Å². The van der Waals surface area contributed by atoms with Crippen molar-refractivity contribution in [3.8, 4) is 0 Å². The molecule has 0 saturated heterocycles. The number of unbranched alkanes of at least 4 members (excludes halogenated alkanes) is 40. The van der Waals surface area contributed by atoms with E-state index in [0.29, 0.717) is 19.3 Å². The van der Waals surface area contributed by atoms with E-state index in [0.717, 1.165) is 89.9 Å². The Hall–Kier alpha value is -2.89. The van der Waals surface area contributed by atoms with Crippen LogP contribution in [0.4, 0.5) is 0 Å². The Morgan fingerprint density at radius 3 is 0.763 bits per heavy atom. The first kappa shape index (κ1) is 73.1. The zero-order valence-corrected chi connectivity index (χ0v) is 50.8. The number of ether oxygens (including phenoxy) is 3. The maximum atomic E-state index is 12.9. The van der Waals surface area contributed by atoms with Crippen molar-refractivity contribution in [2.24, 2.45) is 0 Å². The van der Waals surface area contributed by atoms with Crippen molar-refractivity contribution in [1.82, 2.24) is 0 Å². The lowest BCUT2D eigenvalue weighted by Gasteiger charge is -2.18. The number of hydrogen-bond acceptors (Lipinski definition) is 6. The number of carbonyl (C=O) groups excluding carboxylic acids is 3. The maximum Gasteiger partial charge on any atom is 0.306 e. The highest BCUT2D eigenvalue weighted by atomic mass is 16.6. The van der Waals surface area contributed by atoms with E-state index in [1.807, 2.05) is 0 Å². The van der Waals surface area contributed by atoms with Gasteiger partial charge >= 0.3 is 17.9 Å². The molecule has 76 heavy (non-hydrogen) atoms. The number of hydrogen-bond donors (Lipinski definition) is 0. The van der Waals surface area contributed by atoms with Crippen LogP contribution in [0.25, 0.3) is 0 Å². The standard InChI is InChI=1S/C70H126O6/c1-4-7-10-13-16-19-22-25-28-30-32-33-34-35-36-37-38-40-42-45-48-51-54-57-60-63-69(72)75-66-67(65-74-68(71)62-59-56-53-50-47-44-41-27-24-21-18-15-12-9-6-3)76-70(73)64-61-58-55-52-49-46-43-39-31-29-26-23-20-17-14-11-8-5-2/h18,21-22,25,27,30,32,34-35,41,67H,4-17,19-20,23-24,26,28-29,31,33,36-40,42-66H2,1-3H3/b21-18-,25-22-,32-30-,35-34-,41-27-.